The first kappa shape index (κ1) is 16.3. The lowest BCUT2D eigenvalue weighted by atomic mass is 10.3. The number of aromatic amines is 1. The van der Waals surface area contributed by atoms with Gasteiger partial charge in [-0.3, -0.25) is 19.6 Å². The topological polar surface area (TPSA) is 107 Å². The van der Waals surface area contributed by atoms with E-state index in [1.165, 1.54) is 30.0 Å². The summed E-state index contributed by atoms with van der Waals surface area (Å²) in [5.74, 6) is 0.517. The van der Waals surface area contributed by atoms with Crippen molar-refractivity contribution in [1.82, 2.24) is 19.7 Å². The van der Waals surface area contributed by atoms with Crippen molar-refractivity contribution < 1.29 is 4.92 Å². The Morgan fingerprint density at radius 1 is 1.27 bits per heavy atom. The molecule has 0 aliphatic rings. The molecular formula is C17H13N5O3S. The van der Waals surface area contributed by atoms with Crippen LogP contribution in [0, 0.1) is 10.1 Å². The van der Waals surface area contributed by atoms with Crippen molar-refractivity contribution in [3.8, 4) is 0 Å². The summed E-state index contributed by atoms with van der Waals surface area (Å²) >= 11 is 1.43. The van der Waals surface area contributed by atoms with Crippen LogP contribution in [-0.4, -0.2) is 24.7 Å². The molecule has 0 saturated heterocycles. The van der Waals surface area contributed by atoms with E-state index in [9.17, 15) is 14.9 Å². The van der Waals surface area contributed by atoms with Gasteiger partial charge in [-0.2, -0.15) is 5.10 Å². The number of aromatic nitrogens is 4. The molecule has 4 aromatic rings. The molecule has 0 spiro atoms. The van der Waals surface area contributed by atoms with E-state index < -0.39 is 4.92 Å². The van der Waals surface area contributed by atoms with Crippen molar-refractivity contribution in [3.05, 3.63) is 68.5 Å². The van der Waals surface area contributed by atoms with Crippen LogP contribution < -0.4 is 5.43 Å². The summed E-state index contributed by atoms with van der Waals surface area (Å²) < 4.78 is 1.59. The van der Waals surface area contributed by atoms with Crippen LogP contribution >= 0.6 is 11.8 Å². The Labute approximate surface area is 151 Å². The van der Waals surface area contributed by atoms with Crippen LogP contribution in [0.25, 0.3) is 21.9 Å². The first-order valence-electron chi connectivity index (χ1n) is 7.75. The number of nitrogens with one attached hydrogen (secondary N) is 1. The number of imidazole rings is 1. The third-order valence-corrected chi connectivity index (χ3v) is 4.90. The molecule has 0 fully saturated rings. The predicted molar refractivity (Wildman–Crippen MR) is 99.3 cm³/mol. The Balaban J connectivity index is 1.66. The minimum absolute atomic E-state index is 0.0175. The van der Waals surface area contributed by atoms with E-state index in [0.717, 1.165) is 11.1 Å². The zero-order valence-electron chi connectivity index (χ0n) is 13.7. The summed E-state index contributed by atoms with van der Waals surface area (Å²) in [4.78, 5) is 30.1. The van der Waals surface area contributed by atoms with E-state index in [0.29, 0.717) is 27.5 Å². The molecule has 0 radical (unpaired) electrons. The summed E-state index contributed by atoms with van der Waals surface area (Å²) in [5.41, 5.74) is 2.56. The maximum absolute atomic E-state index is 12.2. The predicted octanol–water partition coefficient (Wildman–Crippen LogP) is 3.01. The van der Waals surface area contributed by atoms with Gasteiger partial charge in [-0.15, -0.1) is 0 Å². The van der Waals surface area contributed by atoms with Gasteiger partial charge in [0.05, 0.1) is 21.7 Å². The standard InChI is InChI=1S/C17H13N5O3S/c1-21-16-11(4-2-3-5-15(16)23)14(20-21)9-26-17-18-12-7-6-10(22(24)25)8-13(12)19-17/h2-8H,9H2,1H3,(H,18,19). The first-order valence-corrected chi connectivity index (χ1v) is 8.73. The number of fused-ring (bicyclic) bond motifs is 2. The average molecular weight is 367 g/mol. The number of thioether (sulfide) groups is 1. The van der Waals surface area contributed by atoms with E-state index in [2.05, 4.69) is 15.1 Å². The quantitative estimate of drug-likeness (QED) is 0.337. The molecule has 2 heterocycles. The number of benzene rings is 1. The van der Waals surface area contributed by atoms with Crippen molar-refractivity contribution >= 4 is 39.4 Å². The average Bonchev–Trinajstić information content (AvgIpc) is 3.09. The minimum Gasteiger partial charge on any atom is -0.333 e. The number of aryl methyl sites for hydroxylation is 1. The molecule has 2 aromatic carbocycles. The first-order chi connectivity index (χ1) is 12.5. The highest BCUT2D eigenvalue weighted by molar-refractivity contribution is 7.98. The molecule has 8 nitrogen and oxygen atoms in total. The fraction of sp³-hybridized carbons (Fsp3) is 0.118. The molecule has 4 rings (SSSR count). The van der Waals surface area contributed by atoms with Gasteiger partial charge < -0.3 is 4.98 Å². The molecule has 26 heavy (non-hydrogen) atoms. The zero-order valence-corrected chi connectivity index (χ0v) is 14.5. The number of hydrogen-bond donors (Lipinski definition) is 1. The highest BCUT2D eigenvalue weighted by atomic mass is 32.2. The van der Waals surface area contributed by atoms with Gasteiger partial charge in [0.2, 0.25) is 5.43 Å². The van der Waals surface area contributed by atoms with Gasteiger partial charge in [0.15, 0.2) is 5.16 Å². The van der Waals surface area contributed by atoms with Gasteiger partial charge in [0.1, 0.15) is 5.52 Å². The Morgan fingerprint density at radius 2 is 2.08 bits per heavy atom. The molecule has 130 valence electrons. The van der Waals surface area contributed by atoms with Crippen LogP contribution in [0.2, 0.25) is 0 Å². The van der Waals surface area contributed by atoms with Crippen molar-refractivity contribution in [2.24, 2.45) is 7.05 Å². The normalized spacial score (nSPS) is 11.3. The molecule has 0 amide bonds. The SMILES string of the molecule is Cn1nc(CSc2nc3ccc([N+](=O)[O-])cc3[nH]2)c2ccccc(=O)c21. The van der Waals surface area contributed by atoms with Crippen LogP contribution in [0.3, 0.4) is 0 Å². The molecular weight excluding hydrogens is 354 g/mol. The van der Waals surface area contributed by atoms with Gasteiger partial charge in [0, 0.05) is 30.3 Å². The summed E-state index contributed by atoms with van der Waals surface area (Å²) in [5, 5.41) is 16.8. The van der Waals surface area contributed by atoms with Crippen LogP contribution in [0.5, 0.6) is 0 Å². The van der Waals surface area contributed by atoms with Crippen molar-refractivity contribution in [2.45, 2.75) is 10.9 Å². The summed E-state index contributed by atoms with van der Waals surface area (Å²) in [6.07, 6.45) is 0. The largest absolute Gasteiger partial charge is 0.333 e. The number of H-pyrrole nitrogens is 1. The Hall–Kier alpha value is -3.20. The van der Waals surface area contributed by atoms with E-state index in [1.807, 2.05) is 12.1 Å². The maximum atomic E-state index is 12.2. The third kappa shape index (κ3) is 2.82. The molecule has 1 N–H and O–H groups in total. The lowest BCUT2D eigenvalue weighted by Crippen LogP contribution is -2.02. The Bertz CT molecular complexity index is 1210. The van der Waals surface area contributed by atoms with Crippen molar-refractivity contribution in [2.75, 3.05) is 0 Å². The second kappa shape index (κ2) is 6.26. The molecule has 0 saturated carbocycles. The molecule has 9 heteroatoms. The number of nitrogens with zero attached hydrogens (tertiary/aromatic N) is 4. The number of nitro groups is 1. The summed E-state index contributed by atoms with van der Waals surface area (Å²) in [6, 6.07) is 11.4. The van der Waals surface area contributed by atoms with E-state index in [-0.39, 0.29) is 11.1 Å². The van der Waals surface area contributed by atoms with Crippen molar-refractivity contribution in [3.63, 3.8) is 0 Å². The van der Waals surface area contributed by atoms with E-state index in [4.69, 9.17) is 0 Å². The number of non-ortho nitro benzene ring substituents is 1. The molecule has 0 atom stereocenters. The number of nitro benzene ring substituents is 1. The van der Waals surface area contributed by atoms with Crippen LogP contribution in [-0.2, 0) is 12.8 Å². The Morgan fingerprint density at radius 3 is 2.88 bits per heavy atom. The summed E-state index contributed by atoms with van der Waals surface area (Å²) in [6.45, 7) is 0. The second-order valence-corrected chi connectivity index (χ2v) is 6.67. The van der Waals surface area contributed by atoms with E-state index >= 15 is 0 Å². The van der Waals surface area contributed by atoms with Crippen LogP contribution in [0.1, 0.15) is 5.69 Å². The van der Waals surface area contributed by atoms with Gasteiger partial charge in [0.25, 0.3) is 5.69 Å². The van der Waals surface area contributed by atoms with Crippen molar-refractivity contribution in [1.29, 1.82) is 0 Å². The summed E-state index contributed by atoms with van der Waals surface area (Å²) in [7, 11) is 1.75. The fourth-order valence-corrected chi connectivity index (χ4v) is 3.67. The number of hydrogen-bond acceptors (Lipinski definition) is 6. The van der Waals surface area contributed by atoms with Gasteiger partial charge in [-0.1, -0.05) is 30.0 Å². The lowest BCUT2D eigenvalue weighted by Gasteiger charge is -1.94. The zero-order chi connectivity index (χ0) is 18.3. The molecule has 0 aliphatic heterocycles. The van der Waals surface area contributed by atoms with E-state index in [1.54, 1.807) is 23.9 Å². The molecule has 0 unspecified atom stereocenters. The lowest BCUT2D eigenvalue weighted by molar-refractivity contribution is -0.384. The third-order valence-electron chi connectivity index (χ3n) is 4.02. The molecule has 0 aliphatic carbocycles. The monoisotopic (exact) mass is 367 g/mol. The van der Waals surface area contributed by atoms with Gasteiger partial charge in [-0.25, -0.2) is 4.98 Å². The highest BCUT2D eigenvalue weighted by Crippen LogP contribution is 2.27. The number of rotatable bonds is 4. The smallest absolute Gasteiger partial charge is 0.271 e. The molecule has 2 aromatic heterocycles. The van der Waals surface area contributed by atoms with Crippen LogP contribution in [0.4, 0.5) is 5.69 Å². The minimum atomic E-state index is -0.437. The second-order valence-electron chi connectivity index (χ2n) is 5.70. The Kier molecular flexibility index (Phi) is 3.92. The molecule has 0 bridgehead atoms. The fourth-order valence-electron chi connectivity index (χ4n) is 2.84. The van der Waals surface area contributed by atoms with Gasteiger partial charge in [-0.05, 0) is 12.1 Å². The highest BCUT2D eigenvalue weighted by Gasteiger charge is 2.13. The maximum Gasteiger partial charge on any atom is 0.271 e. The van der Waals surface area contributed by atoms with Gasteiger partial charge >= 0.3 is 0 Å². The van der Waals surface area contributed by atoms with Crippen LogP contribution in [0.15, 0.2) is 52.4 Å².